The van der Waals surface area contributed by atoms with E-state index in [4.69, 9.17) is 4.74 Å². The highest BCUT2D eigenvalue weighted by Gasteiger charge is 2.62. The minimum Gasteiger partial charge on any atom is -0.468 e. The van der Waals surface area contributed by atoms with Gasteiger partial charge in [-0.25, -0.2) is 0 Å². The number of fused-ring (bicyclic) bond motifs is 4. The first-order valence-corrected chi connectivity index (χ1v) is 9.61. The molecule has 4 aliphatic rings. The van der Waals surface area contributed by atoms with Crippen molar-refractivity contribution < 1.29 is 9.53 Å². The number of aromatic amines is 1. The van der Waals surface area contributed by atoms with E-state index in [-0.39, 0.29) is 12.0 Å². The SMILES string of the molecule is CC[C@H]1C[C@@H]2CN3CCc4c([nH]c5ccccc45)[C@](C(=O)OC)(C2)C13. The number of hydrogen-bond acceptors (Lipinski definition) is 3. The summed E-state index contributed by atoms with van der Waals surface area (Å²) in [6, 6.07) is 8.75. The predicted molar refractivity (Wildman–Crippen MR) is 97.6 cm³/mol. The van der Waals surface area contributed by atoms with Gasteiger partial charge < -0.3 is 9.72 Å². The van der Waals surface area contributed by atoms with Crippen molar-refractivity contribution >= 4 is 16.9 Å². The van der Waals surface area contributed by atoms with Crippen LogP contribution in [0.15, 0.2) is 24.3 Å². The van der Waals surface area contributed by atoms with Crippen molar-refractivity contribution in [2.75, 3.05) is 20.2 Å². The van der Waals surface area contributed by atoms with Gasteiger partial charge in [0, 0.05) is 35.7 Å². The summed E-state index contributed by atoms with van der Waals surface area (Å²) in [5.74, 6) is 1.12. The minimum atomic E-state index is -0.526. The first kappa shape index (κ1) is 15.4. The second-order valence-electron chi connectivity index (χ2n) is 8.15. The van der Waals surface area contributed by atoms with Crippen LogP contribution in [0.1, 0.15) is 37.4 Å². The van der Waals surface area contributed by atoms with Crippen molar-refractivity contribution in [1.82, 2.24) is 9.88 Å². The topological polar surface area (TPSA) is 45.3 Å². The van der Waals surface area contributed by atoms with Crippen LogP contribution in [0.5, 0.6) is 0 Å². The van der Waals surface area contributed by atoms with E-state index >= 15 is 0 Å². The van der Waals surface area contributed by atoms with E-state index in [1.807, 2.05) is 0 Å². The number of benzene rings is 1. The Hall–Kier alpha value is -1.81. The first-order valence-electron chi connectivity index (χ1n) is 9.61. The van der Waals surface area contributed by atoms with E-state index in [9.17, 15) is 4.79 Å². The first-order chi connectivity index (χ1) is 12.2. The molecule has 4 nitrogen and oxygen atoms in total. The monoisotopic (exact) mass is 338 g/mol. The van der Waals surface area contributed by atoms with Gasteiger partial charge in [0.05, 0.1) is 7.11 Å². The Labute approximate surface area is 148 Å². The van der Waals surface area contributed by atoms with Crippen molar-refractivity contribution in [3.63, 3.8) is 0 Å². The molecule has 4 heteroatoms. The van der Waals surface area contributed by atoms with Gasteiger partial charge in [0.15, 0.2) is 0 Å². The fourth-order valence-electron chi connectivity index (χ4n) is 6.27. The summed E-state index contributed by atoms with van der Waals surface area (Å²) < 4.78 is 5.43. The molecule has 1 saturated carbocycles. The molecule has 25 heavy (non-hydrogen) atoms. The van der Waals surface area contributed by atoms with Crippen molar-refractivity contribution in [3.8, 4) is 0 Å². The van der Waals surface area contributed by atoms with Crippen LogP contribution in [-0.2, 0) is 21.4 Å². The van der Waals surface area contributed by atoms with Gasteiger partial charge in [0.1, 0.15) is 5.41 Å². The highest BCUT2D eigenvalue weighted by molar-refractivity contribution is 5.91. The van der Waals surface area contributed by atoms with Gasteiger partial charge in [0.25, 0.3) is 0 Å². The summed E-state index contributed by atoms with van der Waals surface area (Å²) in [7, 11) is 1.55. The smallest absolute Gasteiger partial charge is 0.319 e. The number of para-hydroxylation sites is 1. The van der Waals surface area contributed by atoms with Gasteiger partial charge in [-0.15, -0.1) is 0 Å². The van der Waals surface area contributed by atoms with E-state index in [1.54, 1.807) is 7.11 Å². The van der Waals surface area contributed by atoms with E-state index in [0.29, 0.717) is 11.8 Å². The molecule has 132 valence electrons. The van der Waals surface area contributed by atoms with Crippen molar-refractivity contribution in [1.29, 1.82) is 0 Å². The summed E-state index contributed by atoms with van der Waals surface area (Å²) in [6.45, 7) is 4.46. The van der Waals surface area contributed by atoms with Crippen LogP contribution in [0.25, 0.3) is 10.9 Å². The lowest BCUT2D eigenvalue weighted by atomic mass is 9.56. The van der Waals surface area contributed by atoms with E-state index in [1.165, 1.54) is 17.4 Å². The van der Waals surface area contributed by atoms with E-state index in [2.05, 4.69) is 41.1 Å². The molecule has 1 aliphatic carbocycles. The number of H-pyrrole nitrogens is 1. The molecule has 1 aromatic heterocycles. The third-order valence-electron chi connectivity index (χ3n) is 7.07. The lowest BCUT2D eigenvalue weighted by molar-refractivity contribution is -0.162. The maximum absolute atomic E-state index is 13.3. The van der Waals surface area contributed by atoms with Crippen LogP contribution >= 0.6 is 0 Å². The Bertz CT molecular complexity index is 842. The number of carbonyl (C=O) groups is 1. The molecule has 5 atom stereocenters. The molecule has 1 aromatic carbocycles. The minimum absolute atomic E-state index is 0.0416. The lowest BCUT2D eigenvalue weighted by Crippen LogP contribution is -2.67. The van der Waals surface area contributed by atoms with Gasteiger partial charge in [-0.05, 0) is 42.7 Å². The number of nitrogens with zero attached hydrogens (tertiary/aromatic N) is 1. The van der Waals surface area contributed by atoms with Crippen molar-refractivity contribution in [2.24, 2.45) is 11.8 Å². The summed E-state index contributed by atoms with van der Waals surface area (Å²) in [4.78, 5) is 19.5. The number of hydrogen-bond donors (Lipinski definition) is 1. The average molecular weight is 338 g/mol. The van der Waals surface area contributed by atoms with E-state index in [0.717, 1.165) is 43.6 Å². The van der Waals surface area contributed by atoms with Crippen LogP contribution in [0.3, 0.4) is 0 Å². The molecule has 4 bridgehead atoms. The van der Waals surface area contributed by atoms with Crippen LogP contribution in [-0.4, -0.2) is 42.1 Å². The normalized spacial score (nSPS) is 36.1. The standard InChI is InChI=1S/C21H26N2O2/c1-3-14-10-13-11-21(20(24)25-2)18-16(8-9-23(12-13)19(14)21)15-6-4-5-7-17(15)22-18/h4-7,13-14,19,22H,3,8-12H2,1-2H3/t13-,14-,19?,21+/m0/s1. The number of piperidine rings is 2. The summed E-state index contributed by atoms with van der Waals surface area (Å²) >= 11 is 0. The molecule has 3 aliphatic heterocycles. The predicted octanol–water partition coefficient (Wildman–Crippen LogP) is 3.26. The van der Waals surface area contributed by atoms with Gasteiger partial charge in [-0.2, -0.15) is 0 Å². The molecule has 6 rings (SSSR count). The Balaban J connectivity index is 1.81. The van der Waals surface area contributed by atoms with Crippen molar-refractivity contribution in [3.05, 3.63) is 35.5 Å². The molecular weight excluding hydrogens is 312 g/mol. The van der Waals surface area contributed by atoms with Gasteiger partial charge in [0.2, 0.25) is 0 Å². The number of esters is 1. The summed E-state index contributed by atoms with van der Waals surface area (Å²) in [5.41, 5.74) is 3.11. The lowest BCUT2D eigenvalue weighted by Gasteiger charge is -2.57. The fourth-order valence-corrected chi connectivity index (χ4v) is 6.27. The molecular formula is C21H26N2O2. The summed E-state index contributed by atoms with van der Waals surface area (Å²) in [5, 5.41) is 1.28. The zero-order valence-electron chi connectivity index (χ0n) is 15.0. The van der Waals surface area contributed by atoms with Crippen LogP contribution < -0.4 is 0 Å². The third-order valence-corrected chi connectivity index (χ3v) is 7.07. The zero-order valence-corrected chi connectivity index (χ0v) is 15.0. The fraction of sp³-hybridized carbons (Fsp3) is 0.571. The van der Waals surface area contributed by atoms with Gasteiger partial charge in [-0.1, -0.05) is 31.5 Å². The molecule has 2 unspecified atom stereocenters. The van der Waals surface area contributed by atoms with Gasteiger partial charge in [-0.3, -0.25) is 9.69 Å². The Kier molecular flexibility index (Phi) is 3.30. The quantitative estimate of drug-likeness (QED) is 0.855. The molecule has 2 aromatic rings. The van der Waals surface area contributed by atoms with Crippen LogP contribution in [0.2, 0.25) is 0 Å². The number of rotatable bonds is 2. The Morgan fingerprint density at radius 2 is 2.24 bits per heavy atom. The molecule has 3 fully saturated rings. The van der Waals surface area contributed by atoms with Crippen molar-refractivity contribution in [2.45, 2.75) is 44.1 Å². The number of ether oxygens (including phenoxy) is 1. The molecule has 2 saturated heterocycles. The molecule has 0 amide bonds. The van der Waals surface area contributed by atoms with E-state index < -0.39 is 5.41 Å². The number of aromatic nitrogens is 1. The van der Waals surface area contributed by atoms with Crippen LogP contribution in [0, 0.1) is 11.8 Å². The average Bonchev–Trinajstić information content (AvgIpc) is 3.00. The maximum atomic E-state index is 13.3. The maximum Gasteiger partial charge on any atom is 0.319 e. The largest absolute Gasteiger partial charge is 0.468 e. The second-order valence-corrected chi connectivity index (χ2v) is 8.15. The molecule has 0 spiro atoms. The second kappa shape index (κ2) is 5.34. The number of carbonyl (C=O) groups excluding carboxylic acids is 1. The molecule has 0 radical (unpaired) electrons. The highest BCUT2D eigenvalue weighted by atomic mass is 16.5. The molecule has 4 heterocycles. The number of methoxy groups -OCH3 is 1. The Morgan fingerprint density at radius 1 is 1.40 bits per heavy atom. The van der Waals surface area contributed by atoms with Gasteiger partial charge >= 0.3 is 5.97 Å². The molecule has 1 N–H and O–H groups in total. The highest BCUT2D eigenvalue weighted by Crippen LogP contribution is 2.55. The Morgan fingerprint density at radius 3 is 3.04 bits per heavy atom. The third kappa shape index (κ3) is 1.89. The zero-order chi connectivity index (χ0) is 17.2. The number of nitrogens with one attached hydrogen (secondary N) is 1. The summed E-state index contributed by atoms with van der Waals surface area (Å²) in [6.07, 6.45) is 4.33. The van der Waals surface area contributed by atoms with Crippen LogP contribution in [0.4, 0.5) is 0 Å².